The minimum absolute atomic E-state index is 0.0768. The van der Waals surface area contributed by atoms with Crippen molar-refractivity contribution in [2.75, 3.05) is 196 Å². The van der Waals surface area contributed by atoms with Gasteiger partial charge in [0.25, 0.3) is 0 Å². The van der Waals surface area contributed by atoms with Crippen LogP contribution in [0.1, 0.15) is 45.0 Å². The van der Waals surface area contributed by atoms with Crippen LogP contribution in [0.2, 0.25) is 0 Å². The molecule has 2 aliphatic rings. The molecule has 7 rings (SSSR count). The highest BCUT2D eigenvalue weighted by molar-refractivity contribution is 6.39. The van der Waals surface area contributed by atoms with E-state index in [1.807, 2.05) is 131 Å². The summed E-state index contributed by atoms with van der Waals surface area (Å²) in [6.45, 7) is 11.0. The molecule has 94 heavy (non-hydrogen) atoms. The summed E-state index contributed by atoms with van der Waals surface area (Å²) >= 11 is 0. The topological polar surface area (TPSA) is 206 Å². The lowest BCUT2D eigenvalue weighted by Crippen LogP contribution is -2.34. The lowest BCUT2D eigenvalue weighted by molar-refractivity contribution is -0.472. The first-order chi connectivity index (χ1) is 46.2. The van der Waals surface area contributed by atoms with E-state index in [9.17, 15) is 9.90 Å². The number of ketones is 1. The van der Waals surface area contributed by atoms with Gasteiger partial charge < -0.3 is 94.6 Å². The third-order valence-electron chi connectivity index (χ3n) is 15.2. The Morgan fingerprint density at radius 1 is 0.394 bits per heavy atom. The lowest BCUT2D eigenvalue weighted by Gasteiger charge is -2.31. The molecule has 0 atom stereocenters. The van der Waals surface area contributed by atoms with Gasteiger partial charge in [-0.25, -0.2) is 0 Å². The Kier molecular flexibility index (Phi) is 32.9. The molecule has 0 fully saturated rings. The number of rotatable bonds is 49. The van der Waals surface area contributed by atoms with Crippen molar-refractivity contribution >= 4 is 59.6 Å². The van der Waals surface area contributed by atoms with Crippen LogP contribution in [0.15, 0.2) is 108 Å². The zero-order chi connectivity index (χ0) is 66.5. The van der Waals surface area contributed by atoms with Crippen molar-refractivity contribution in [1.82, 2.24) is 13.7 Å². The number of nitrogens with zero attached hydrogens (tertiary/aromatic N) is 4. The van der Waals surface area contributed by atoms with E-state index < -0.39 is 0 Å². The number of hydrogen-bond donors (Lipinski definition) is 0. The predicted molar refractivity (Wildman–Crippen MR) is 360 cm³/mol. The second-order valence-corrected chi connectivity index (χ2v) is 21.1. The minimum Gasteiger partial charge on any atom is -0.871 e. The highest BCUT2D eigenvalue weighted by Crippen LogP contribution is 2.40. The molecular weight excluding hydrogens is 1210 g/mol. The molecule has 0 radical (unpaired) electrons. The van der Waals surface area contributed by atoms with Gasteiger partial charge >= 0.3 is 0 Å². The van der Waals surface area contributed by atoms with Crippen molar-refractivity contribution in [2.24, 2.45) is 0 Å². The van der Waals surface area contributed by atoms with Gasteiger partial charge in [0.05, 0.1) is 165 Å². The number of carbonyl (C=O) groups excluding carboxylic acids is 1. The summed E-state index contributed by atoms with van der Waals surface area (Å²) in [5.41, 5.74) is 7.64. The molecule has 0 amide bonds. The monoisotopic (exact) mass is 1300 g/mol. The second kappa shape index (κ2) is 41.9. The number of Topliss-reactive ketones (excluding diaryl/α,β-unsaturated/α-hetero) is 1. The molecule has 22 heteroatoms. The lowest BCUT2D eigenvalue weighted by atomic mass is 9.84. The van der Waals surface area contributed by atoms with Crippen LogP contribution in [0.3, 0.4) is 0 Å². The van der Waals surface area contributed by atoms with Crippen molar-refractivity contribution in [2.45, 2.75) is 19.6 Å². The van der Waals surface area contributed by atoms with Gasteiger partial charge in [0.2, 0.25) is 17.2 Å². The fourth-order valence-corrected chi connectivity index (χ4v) is 10.2. The summed E-state index contributed by atoms with van der Waals surface area (Å²) < 4.78 is 98.1. The molecule has 0 N–H and O–H groups in total. The number of ether oxygens (including phenoxy) is 16. The van der Waals surface area contributed by atoms with Gasteiger partial charge in [-0.3, -0.25) is 4.79 Å². The third-order valence-corrected chi connectivity index (χ3v) is 15.2. The van der Waals surface area contributed by atoms with Crippen LogP contribution in [0, 0.1) is 0 Å². The minimum atomic E-state index is -0.375. The molecule has 2 aromatic carbocycles. The molecule has 22 nitrogen and oxygen atoms in total. The van der Waals surface area contributed by atoms with Crippen molar-refractivity contribution in [3.05, 3.63) is 153 Å². The van der Waals surface area contributed by atoms with Crippen LogP contribution in [-0.4, -0.2) is 225 Å². The van der Waals surface area contributed by atoms with E-state index in [-0.39, 0.29) is 35.9 Å². The zero-order valence-electron chi connectivity index (χ0n) is 55.8. The van der Waals surface area contributed by atoms with E-state index in [2.05, 4.69) is 9.13 Å². The maximum absolute atomic E-state index is 14.8. The molecule has 1 aliphatic carbocycles. The number of benzene rings is 2. The standard InChI is InChI=1S/C72H94N4O18/c1-79-35-39-91-47-43-87-31-27-73-25-9-11-59(73)17-13-55-51-67(85-7)57(53-65(55)83-5)15-19-61-21-23-63(75(61)29-33-89-45-49-93-41-37-81-3)69-71(77)70(72(69)78)64-24-22-62(76(64)30-34-90-46-50-94-42-38-82-4)20-16-58-54-66(84-6)56(52-68(58)86-8)14-18-60-12-10-26-74(60)28-32-88-44-48-92-40-36-80-2/h9-26,51-54H,27-50H2,1-8H3. The zero-order valence-corrected chi connectivity index (χ0v) is 55.8. The molecule has 0 unspecified atom stereocenters. The molecule has 510 valence electrons. The van der Waals surface area contributed by atoms with E-state index >= 15 is 0 Å². The van der Waals surface area contributed by atoms with Crippen molar-refractivity contribution in [3.63, 3.8) is 0 Å². The van der Waals surface area contributed by atoms with Gasteiger partial charge in [0, 0.05) is 124 Å². The van der Waals surface area contributed by atoms with Gasteiger partial charge in [0.1, 0.15) is 29.6 Å². The number of hydrogen-bond acceptors (Lipinski definition) is 18. The Hall–Kier alpha value is -7.68. The molecule has 4 heterocycles. The van der Waals surface area contributed by atoms with Crippen LogP contribution < -0.4 is 24.1 Å². The second-order valence-electron chi connectivity index (χ2n) is 21.1. The van der Waals surface area contributed by atoms with E-state index in [4.69, 9.17) is 75.8 Å². The fourth-order valence-electron chi connectivity index (χ4n) is 10.2. The molecule has 0 saturated carbocycles. The number of allylic oxidation sites excluding steroid dienone is 5. The Morgan fingerprint density at radius 2 is 0.766 bits per heavy atom. The maximum Gasteiger partial charge on any atom is 0.216 e. The van der Waals surface area contributed by atoms with Crippen LogP contribution in [0.4, 0.5) is 0 Å². The molecule has 1 aliphatic heterocycles. The largest absolute Gasteiger partial charge is 0.871 e. The van der Waals surface area contributed by atoms with Crippen LogP contribution in [-0.2, 0) is 81.3 Å². The van der Waals surface area contributed by atoms with Gasteiger partial charge in [-0.05, 0) is 103 Å². The van der Waals surface area contributed by atoms with Gasteiger partial charge in [0.15, 0.2) is 6.54 Å². The van der Waals surface area contributed by atoms with Crippen LogP contribution in [0.25, 0.3) is 48.1 Å². The summed E-state index contributed by atoms with van der Waals surface area (Å²) in [4.78, 5) is 14.8. The first kappa shape index (κ1) is 73.7. The fraction of sp³-hybridized carbons (Fsp3) is 0.444. The molecule has 0 saturated heterocycles. The summed E-state index contributed by atoms with van der Waals surface area (Å²) in [5.74, 6) is 1.73. The van der Waals surface area contributed by atoms with Gasteiger partial charge in [-0.1, -0.05) is 5.76 Å². The molecule has 3 aromatic heterocycles. The Bertz CT molecular complexity index is 3380. The molecule has 0 spiro atoms. The highest BCUT2D eigenvalue weighted by Gasteiger charge is 2.38. The summed E-state index contributed by atoms with van der Waals surface area (Å²) in [6.07, 6.45) is 23.5. The average molecular weight is 1300 g/mol. The normalized spacial score (nSPS) is 14.3. The summed E-state index contributed by atoms with van der Waals surface area (Å²) in [5, 5.41) is 14.8. The third kappa shape index (κ3) is 22.2. The van der Waals surface area contributed by atoms with E-state index in [0.29, 0.717) is 179 Å². The predicted octanol–water partition coefficient (Wildman–Crippen LogP) is 8.00. The molecule has 5 aromatic rings. The summed E-state index contributed by atoms with van der Waals surface area (Å²) in [7, 11) is 13.0. The average Bonchev–Trinajstić information content (AvgIpc) is 1.43. The van der Waals surface area contributed by atoms with Crippen molar-refractivity contribution in [1.29, 1.82) is 0 Å². The number of carbonyl (C=O) groups is 1. The quantitative estimate of drug-likeness (QED) is 0.0205. The molecule has 0 bridgehead atoms. The number of methoxy groups -OCH3 is 8. The molecular formula is C72H94N4O18. The van der Waals surface area contributed by atoms with E-state index in [1.165, 1.54) is 0 Å². The van der Waals surface area contributed by atoms with E-state index in [1.54, 1.807) is 69.0 Å². The van der Waals surface area contributed by atoms with Crippen molar-refractivity contribution < 1.29 is 90.3 Å². The van der Waals surface area contributed by atoms with E-state index in [0.717, 1.165) is 45.0 Å². The van der Waals surface area contributed by atoms with Gasteiger partial charge in [-0.15, -0.1) is 0 Å². The van der Waals surface area contributed by atoms with Crippen molar-refractivity contribution in [3.8, 4) is 23.0 Å². The SMILES string of the molecule is COCCOCCOCCn1cccc1/C=C/c1cc(OC)c(/C=C/C2=[N+](CCOCCOCCOC)C(=C3\C(=O)C(c4ccc(/C=C/c5cc(OC)c(/C=C/c6cccn6CCOCCOCCOC)cc5OC)n4CCOCCOCCOC)=C3[O-])/C=C2)cc1OC. The highest BCUT2D eigenvalue weighted by atomic mass is 16.6. The maximum atomic E-state index is 14.8. The Morgan fingerprint density at radius 3 is 1.17 bits per heavy atom. The summed E-state index contributed by atoms with van der Waals surface area (Å²) in [6, 6.07) is 19.5. The Balaban J connectivity index is 1.14. The number of aromatic nitrogens is 3. The first-order valence-electron chi connectivity index (χ1n) is 31.6. The smallest absolute Gasteiger partial charge is 0.216 e. The Labute approximate surface area is 552 Å². The first-order valence-corrected chi connectivity index (χ1v) is 31.6. The van der Waals surface area contributed by atoms with Crippen LogP contribution in [0.5, 0.6) is 23.0 Å². The van der Waals surface area contributed by atoms with Crippen LogP contribution >= 0.6 is 0 Å². The van der Waals surface area contributed by atoms with Gasteiger partial charge in [-0.2, -0.15) is 4.58 Å².